The third-order valence-electron chi connectivity index (χ3n) is 6.42. The summed E-state index contributed by atoms with van der Waals surface area (Å²) in [5.74, 6) is 1.96. The van der Waals surface area contributed by atoms with Gasteiger partial charge in [0.15, 0.2) is 11.5 Å². The number of benzene rings is 1. The molecule has 1 aromatic carbocycles. The Hall–Kier alpha value is -3.55. The Morgan fingerprint density at radius 1 is 1.06 bits per heavy atom. The zero-order chi connectivity index (χ0) is 22.9. The molecule has 0 radical (unpaired) electrons. The van der Waals surface area contributed by atoms with Gasteiger partial charge in [0.25, 0.3) is 0 Å². The molecule has 8 heteroatoms. The third-order valence-corrected chi connectivity index (χ3v) is 6.42. The highest BCUT2D eigenvalue weighted by molar-refractivity contribution is 5.91. The van der Waals surface area contributed by atoms with Gasteiger partial charge in [0.05, 0.1) is 5.69 Å². The summed E-state index contributed by atoms with van der Waals surface area (Å²) in [4.78, 5) is 17.3. The van der Waals surface area contributed by atoms with E-state index in [2.05, 4.69) is 30.2 Å². The molecule has 4 aromatic rings. The van der Waals surface area contributed by atoms with Gasteiger partial charge in [0.2, 0.25) is 5.91 Å². The van der Waals surface area contributed by atoms with Crippen LogP contribution in [0.25, 0.3) is 17.0 Å². The standard InChI is InChI=1S/C25H29N7O/c1-16-15-23-26-17(2)21(18(3)32(23)30-16)12-13-24(33)27-20-10-8-19(9-11-20)25-29-28-22-7-5-4-6-14-31(22)25/h8-11,15H,4-7,12-14H2,1-3H3,(H,27,33). The maximum Gasteiger partial charge on any atom is 0.224 e. The van der Waals surface area contributed by atoms with Gasteiger partial charge in [-0.1, -0.05) is 6.42 Å². The fraction of sp³-hybridized carbons (Fsp3) is 0.400. The first-order chi connectivity index (χ1) is 16.0. The third kappa shape index (κ3) is 4.25. The second-order valence-corrected chi connectivity index (χ2v) is 8.84. The molecule has 1 N–H and O–H groups in total. The van der Waals surface area contributed by atoms with Crippen molar-refractivity contribution in [3.05, 3.63) is 58.8 Å². The molecule has 5 rings (SSSR count). The summed E-state index contributed by atoms with van der Waals surface area (Å²) < 4.78 is 4.09. The molecular formula is C25H29N7O. The summed E-state index contributed by atoms with van der Waals surface area (Å²) in [6.07, 6.45) is 5.56. The van der Waals surface area contributed by atoms with Crippen molar-refractivity contribution in [2.24, 2.45) is 0 Å². The lowest BCUT2D eigenvalue weighted by Gasteiger charge is -2.11. The first-order valence-electron chi connectivity index (χ1n) is 11.6. The highest BCUT2D eigenvalue weighted by atomic mass is 16.1. The van der Waals surface area contributed by atoms with E-state index >= 15 is 0 Å². The van der Waals surface area contributed by atoms with Crippen molar-refractivity contribution in [3.63, 3.8) is 0 Å². The second kappa shape index (κ2) is 8.77. The lowest BCUT2D eigenvalue weighted by molar-refractivity contribution is -0.116. The van der Waals surface area contributed by atoms with Gasteiger partial charge in [-0.15, -0.1) is 10.2 Å². The van der Waals surface area contributed by atoms with Gasteiger partial charge < -0.3 is 9.88 Å². The maximum absolute atomic E-state index is 12.6. The number of carbonyl (C=O) groups excluding carboxylic acids is 1. The Balaban J connectivity index is 1.25. The van der Waals surface area contributed by atoms with Crippen LogP contribution in [0.4, 0.5) is 5.69 Å². The fourth-order valence-electron chi connectivity index (χ4n) is 4.67. The lowest BCUT2D eigenvalue weighted by atomic mass is 10.1. The van der Waals surface area contributed by atoms with Crippen LogP contribution in [-0.4, -0.2) is 35.3 Å². The number of rotatable bonds is 5. The lowest BCUT2D eigenvalue weighted by Crippen LogP contribution is -2.14. The topological polar surface area (TPSA) is 90.0 Å². The van der Waals surface area contributed by atoms with Gasteiger partial charge in [-0.25, -0.2) is 9.50 Å². The van der Waals surface area contributed by atoms with Gasteiger partial charge in [-0.05, 0) is 69.9 Å². The molecule has 0 bridgehead atoms. The van der Waals surface area contributed by atoms with Crippen LogP contribution in [0, 0.1) is 20.8 Å². The number of nitrogens with zero attached hydrogens (tertiary/aromatic N) is 6. The van der Waals surface area contributed by atoms with E-state index in [1.165, 1.54) is 12.8 Å². The molecule has 0 spiro atoms. The molecular weight excluding hydrogens is 414 g/mol. The van der Waals surface area contributed by atoms with E-state index in [1.807, 2.05) is 55.6 Å². The first-order valence-corrected chi connectivity index (χ1v) is 11.6. The van der Waals surface area contributed by atoms with Crippen molar-refractivity contribution in [1.29, 1.82) is 0 Å². The van der Waals surface area contributed by atoms with E-state index in [1.54, 1.807) is 0 Å². The van der Waals surface area contributed by atoms with Crippen molar-refractivity contribution in [2.75, 3.05) is 5.32 Å². The van der Waals surface area contributed by atoms with Gasteiger partial charge >= 0.3 is 0 Å². The van der Waals surface area contributed by atoms with E-state index in [9.17, 15) is 4.79 Å². The largest absolute Gasteiger partial charge is 0.326 e. The minimum absolute atomic E-state index is 0.0189. The highest BCUT2D eigenvalue weighted by Gasteiger charge is 2.16. The summed E-state index contributed by atoms with van der Waals surface area (Å²) >= 11 is 0. The predicted octanol–water partition coefficient (Wildman–Crippen LogP) is 4.21. The molecule has 4 heterocycles. The number of amides is 1. The number of nitrogens with one attached hydrogen (secondary N) is 1. The molecule has 3 aromatic heterocycles. The van der Waals surface area contributed by atoms with Gasteiger partial charge in [0.1, 0.15) is 5.82 Å². The average Bonchev–Trinajstić information content (AvgIpc) is 3.28. The van der Waals surface area contributed by atoms with Crippen LogP contribution in [-0.2, 0) is 24.2 Å². The van der Waals surface area contributed by atoms with Crippen molar-refractivity contribution < 1.29 is 4.79 Å². The first kappa shape index (κ1) is 21.3. The van der Waals surface area contributed by atoms with Crippen LogP contribution in [0.5, 0.6) is 0 Å². The second-order valence-electron chi connectivity index (χ2n) is 8.84. The fourth-order valence-corrected chi connectivity index (χ4v) is 4.67. The molecule has 0 aliphatic carbocycles. The van der Waals surface area contributed by atoms with Gasteiger partial charge in [-0.2, -0.15) is 5.10 Å². The van der Waals surface area contributed by atoms with Crippen LogP contribution in [0.1, 0.15) is 54.2 Å². The number of aromatic nitrogens is 6. The monoisotopic (exact) mass is 443 g/mol. The summed E-state index contributed by atoms with van der Waals surface area (Å²) in [7, 11) is 0. The zero-order valence-electron chi connectivity index (χ0n) is 19.4. The molecule has 0 fully saturated rings. The number of hydrogen-bond donors (Lipinski definition) is 1. The smallest absolute Gasteiger partial charge is 0.224 e. The van der Waals surface area contributed by atoms with E-state index < -0.39 is 0 Å². The molecule has 0 atom stereocenters. The molecule has 1 aliphatic rings. The quantitative estimate of drug-likeness (QED) is 0.499. The average molecular weight is 444 g/mol. The molecule has 1 aliphatic heterocycles. The molecule has 33 heavy (non-hydrogen) atoms. The van der Waals surface area contributed by atoms with Crippen molar-refractivity contribution in [2.45, 2.75) is 65.8 Å². The molecule has 0 saturated carbocycles. The number of carbonyl (C=O) groups is 1. The summed E-state index contributed by atoms with van der Waals surface area (Å²) in [6, 6.07) is 9.84. The Kier molecular flexibility index (Phi) is 5.66. The van der Waals surface area contributed by atoms with E-state index in [0.717, 1.165) is 70.6 Å². The number of fused-ring (bicyclic) bond motifs is 2. The normalized spacial score (nSPS) is 13.7. The minimum Gasteiger partial charge on any atom is -0.326 e. The Morgan fingerprint density at radius 2 is 1.88 bits per heavy atom. The van der Waals surface area contributed by atoms with Crippen LogP contribution < -0.4 is 5.32 Å². The Morgan fingerprint density at radius 3 is 2.70 bits per heavy atom. The molecule has 0 unspecified atom stereocenters. The van der Waals surface area contributed by atoms with Crippen LogP contribution >= 0.6 is 0 Å². The summed E-state index contributed by atoms with van der Waals surface area (Å²) in [5, 5.41) is 16.3. The summed E-state index contributed by atoms with van der Waals surface area (Å²) in [6.45, 7) is 6.95. The van der Waals surface area contributed by atoms with Gasteiger partial charge in [-0.3, -0.25) is 4.79 Å². The molecule has 1 amide bonds. The molecule has 8 nitrogen and oxygen atoms in total. The summed E-state index contributed by atoms with van der Waals surface area (Å²) in [5.41, 5.74) is 6.65. The van der Waals surface area contributed by atoms with Crippen molar-refractivity contribution >= 4 is 17.2 Å². The number of hydrogen-bond acceptors (Lipinski definition) is 5. The maximum atomic E-state index is 12.6. The molecule has 170 valence electrons. The van der Waals surface area contributed by atoms with E-state index in [4.69, 9.17) is 0 Å². The van der Waals surface area contributed by atoms with Crippen molar-refractivity contribution in [3.8, 4) is 11.4 Å². The zero-order valence-corrected chi connectivity index (χ0v) is 19.4. The van der Waals surface area contributed by atoms with E-state index in [0.29, 0.717) is 12.8 Å². The molecule has 0 saturated heterocycles. The minimum atomic E-state index is -0.0189. The Labute approximate surface area is 193 Å². The van der Waals surface area contributed by atoms with Crippen LogP contribution in [0.2, 0.25) is 0 Å². The Bertz CT molecular complexity index is 1320. The number of anilines is 1. The van der Waals surface area contributed by atoms with Crippen LogP contribution in [0.15, 0.2) is 30.3 Å². The van der Waals surface area contributed by atoms with Crippen LogP contribution in [0.3, 0.4) is 0 Å². The highest BCUT2D eigenvalue weighted by Crippen LogP contribution is 2.24. The predicted molar refractivity (Wildman–Crippen MR) is 127 cm³/mol. The van der Waals surface area contributed by atoms with E-state index in [-0.39, 0.29) is 5.91 Å². The van der Waals surface area contributed by atoms with Gasteiger partial charge in [0, 0.05) is 48.1 Å². The SMILES string of the molecule is Cc1cc2nc(C)c(CCC(=O)Nc3ccc(-c4nnc5n4CCCCC5)cc3)c(C)n2n1. The van der Waals surface area contributed by atoms with Crippen molar-refractivity contribution in [1.82, 2.24) is 29.4 Å². The number of aryl methyl sites for hydroxylation is 4.